The monoisotopic (exact) mass is 496 g/mol. The van der Waals surface area contributed by atoms with Crippen LogP contribution in [0.5, 0.6) is 0 Å². The first-order valence-electron chi connectivity index (χ1n) is 12.2. The van der Waals surface area contributed by atoms with Crippen LogP contribution in [0, 0.1) is 21.8 Å². The molecule has 0 bridgehead atoms. The van der Waals surface area contributed by atoms with Gasteiger partial charge in [-0.25, -0.2) is 4.39 Å². The predicted molar refractivity (Wildman–Crippen MR) is 130 cm³/mol. The van der Waals surface area contributed by atoms with Gasteiger partial charge in [0.05, 0.1) is 10.8 Å². The van der Waals surface area contributed by atoms with E-state index in [-0.39, 0.29) is 48.0 Å². The number of carbonyl (C=O) groups excluding carboxylic acids is 3. The smallest absolute Gasteiger partial charge is 0.269 e. The Kier molecular flexibility index (Phi) is 7.92. The average Bonchev–Trinajstić information content (AvgIpc) is 2.89. The Labute approximate surface area is 208 Å². The molecule has 1 aliphatic heterocycles. The van der Waals surface area contributed by atoms with E-state index in [1.54, 1.807) is 4.90 Å². The van der Waals surface area contributed by atoms with Gasteiger partial charge in [-0.3, -0.25) is 24.5 Å². The number of nitro groups is 1. The maximum absolute atomic E-state index is 13.2. The molecule has 0 radical (unpaired) electrons. The van der Waals surface area contributed by atoms with Crippen molar-refractivity contribution in [3.63, 3.8) is 0 Å². The molecule has 2 aliphatic rings. The predicted octanol–water partition coefficient (Wildman–Crippen LogP) is 3.44. The van der Waals surface area contributed by atoms with Crippen molar-refractivity contribution in [2.45, 2.75) is 50.6 Å². The fourth-order valence-corrected chi connectivity index (χ4v) is 4.91. The molecule has 1 heterocycles. The lowest BCUT2D eigenvalue weighted by Gasteiger charge is -2.36. The third-order valence-corrected chi connectivity index (χ3v) is 6.92. The van der Waals surface area contributed by atoms with E-state index >= 15 is 0 Å². The number of hydrogen-bond donors (Lipinski definition) is 2. The summed E-state index contributed by atoms with van der Waals surface area (Å²) in [6.45, 7) is 0.778. The maximum atomic E-state index is 13.2. The molecule has 1 aliphatic carbocycles. The number of amides is 3. The zero-order valence-electron chi connectivity index (χ0n) is 19.8. The molecule has 2 fully saturated rings. The highest BCUT2D eigenvalue weighted by Crippen LogP contribution is 2.23. The normalized spacial score (nSPS) is 21.9. The molecule has 2 aromatic carbocycles. The molecular formula is C26H29FN4O5. The van der Waals surface area contributed by atoms with E-state index < -0.39 is 10.7 Å². The van der Waals surface area contributed by atoms with Crippen molar-refractivity contribution in [3.05, 3.63) is 75.6 Å². The van der Waals surface area contributed by atoms with E-state index in [1.165, 1.54) is 48.5 Å². The second kappa shape index (κ2) is 11.3. The molecule has 10 heteroatoms. The van der Waals surface area contributed by atoms with Crippen molar-refractivity contribution >= 4 is 23.4 Å². The fraction of sp³-hybridized carbons (Fsp3) is 0.423. The number of nitro benzene ring substituents is 1. The summed E-state index contributed by atoms with van der Waals surface area (Å²) >= 11 is 0. The van der Waals surface area contributed by atoms with E-state index in [0.29, 0.717) is 30.5 Å². The second-order valence-corrected chi connectivity index (χ2v) is 9.38. The molecule has 3 amide bonds. The summed E-state index contributed by atoms with van der Waals surface area (Å²) in [5, 5.41) is 16.9. The van der Waals surface area contributed by atoms with Gasteiger partial charge in [0.15, 0.2) is 0 Å². The quantitative estimate of drug-likeness (QED) is 0.469. The molecule has 2 N–H and O–H groups in total. The first-order chi connectivity index (χ1) is 17.3. The third-order valence-electron chi connectivity index (χ3n) is 6.92. The standard InChI is InChI=1S/C26H29FN4O5/c27-20-11-7-17(8-12-20)24(32)28-22-5-1-2-6-23(22)29-25(33)19-4-3-15-30(16-19)26(34)18-9-13-21(14-10-18)31(35)36/h7-14,19,22-23H,1-6,15-16H2,(H,28,32)(H,29,33)/t19?,22-,23-/m1/s1. The van der Waals surface area contributed by atoms with E-state index in [9.17, 15) is 28.9 Å². The summed E-state index contributed by atoms with van der Waals surface area (Å²) < 4.78 is 13.2. The van der Waals surface area contributed by atoms with Crippen molar-refractivity contribution in [2.75, 3.05) is 13.1 Å². The first kappa shape index (κ1) is 25.3. The molecular weight excluding hydrogens is 467 g/mol. The zero-order chi connectivity index (χ0) is 25.7. The van der Waals surface area contributed by atoms with Gasteiger partial charge >= 0.3 is 0 Å². The van der Waals surface area contributed by atoms with Crippen LogP contribution < -0.4 is 10.6 Å². The van der Waals surface area contributed by atoms with Crippen LogP contribution in [0.1, 0.15) is 59.2 Å². The maximum Gasteiger partial charge on any atom is 0.269 e. The Morgan fingerprint density at radius 2 is 1.47 bits per heavy atom. The molecule has 0 aromatic heterocycles. The number of nitrogens with zero attached hydrogens (tertiary/aromatic N) is 2. The van der Waals surface area contributed by atoms with Crippen LogP contribution in [-0.4, -0.2) is 52.7 Å². The van der Waals surface area contributed by atoms with Crippen LogP contribution in [0.25, 0.3) is 0 Å². The van der Waals surface area contributed by atoms with Gasteiger partial charge in [0, 0.05) is 48.4 Å². The molecule has 1 saturated heterocycles. The van der Waals surface area contributed by atoms with E-state index in [4.69, 9.17) is 0 Å². The van der Waals surface area contributed by atoms with Crippen LogP contribution in [-0.2, 0) is 4.79 Å². The minimum atomic E-state index is -0.518. The lowest BCUT2D eigenvalue weighted by Crippen LogP contribution is -2.55. The lowest BCUT2D eigenvalue weighted by atomic mass is 9.88. The van der Waals surface area contributed by atoms with Gasteiger partial charge < -0.3 is 15.5 Å². The lowest BCUT2D eigenvalue weighted by molar-refractivity contribution is -0.384. The van der Waals surface area contributed by atoms with E-state index in [2.05, 4.69) is 10.6 Å². The van der Waals surface area contributed by atoms with Crippen molar-refractivity contribution in [1.82, 2.24) is 15.5 Å². The first-order valence-corrected chi connectivity index (χ1v) is 12.2. The highest BCUT2D eigenvalue weighted by Gasteiger charge is 2.33. The molecule has 0 spiro atoms. The Morgan fingerprint density at radius 1 is 0.861 bits per heavy atom. The topological polar surface area (TPSA) is 122 Å². The average molecular weight is 497 g/mol. The highest BCUT2D eigenvalue weighted by atomic mass is 19.1. The van der Waals surface area contributed by atoms with Gasteiger partial charge in [-0.1, -0.05) is 12.8 Å². The Bertz CT molecular complexity index is 1120. The Morgan fingerprint density at radius 3 is 2.11 bits per heavy atom. The van der Waals surface area contributed by atoms with Gasteiger partial charge in [0.2, 0.25) is 5.91 Å². The van der Waals surface area contributed by atoms with Crippen molar-refractivity contribution < 1.29 is 23.7 Å². The number of likely N-dealkylation sites (tertiary alicyclic amines) is 1. The summed E-state index contributed by atoms with van der Waals surface area (Å²) in [5.74, 6) is -1.51. The molecule has 4 rings (SSSR count). The number of hydrogen-bond acceptors (Lipinski definition) is 5. The SMILES string of the molecule is O=C(N[C@@H]1CCCC[C@H]1NC(=O)C1CCCN(C(=O)c2ccc([N+](=O)[O-])cc2)C1)c1ccc(F)cc1. The molecule has 190 valence electrons. The van der Waals surface area contributed by atoms with Gasteiger partial charge in [0.25, 0.3) is 17.5 Å². The van der Waals surface area contributed by atoms with Crippen LogP contribution >= 0.6 is 0 Å². The molecule has 2 aromatic rings. The summed E-state index contributed by atoms with van der Waals surface area (Å²) in [7, 11) is 0. The molecule has 1 unspecified atom stereocenters. The van der Waals surface area contributed by atoms with Crippen LogP contribution in [0.3, 0.4) is 0 Å². The van der Waals surface area contributed by atoms with Crippen molar-refractivity contribution in [3.8, 4) is 0 Å². The highest BCUT2D eigenvalue weighted by molar-refractivity contribution is 5.95. The molecule has 1 saturated carbocycles. The summed E-state index contributed by atoms with van der Waals surface area (Å²) in [4.78, 5) is 50.7. The van der Waals surface area contributed by atoms with Gasteiger partial charge in [-0.2, -0.15) is 0 Å². The minimum absolute atomic E-state index is 0.0870. The van der Waals surface area contributed by atoms with Crippen LogP contribution in [0.4, 0.5) is 10.1 Å². The van der Waals surface area contributed by atoms with Gasteiger partial charge in [0.1, 0.15) is 5.82 Å². The van der Waals surface area contributed by atoms with Crippen molar-refractivity contribution in [1.29, 1.82) is 0 Å². The number of rotatable bonds is 6. The fourth-order valence-electron chi connectivity index (χ4n) is 4.91. The number of nitrogens with one attached hydrogen (secondary N) is 2. The Hall–Kier alpha value is -3.82. The number of benzene rings is 2. The summed E-state index contributed by atoms with van der Waals surface area (Å²) in [6, 6.07) is 10.3. The summed E-state index contributed by atoms with van der Waals surface area (Å²) in [6.07, 6.45) is 4.65. The van der Waals surface area contributed by atoms with E-state index in [0.717, 1.165) is 25.7 Å². The minimum Gasteiger partial charge on any atom is -0.351 e. The van der Waals surface area contributed by atoms with E-state index in [1.807, 2.05) is 0 Å². The van der Waals surface area contributed by atoms with Gasteiger partial charge in [-0.05, 0) is 62.1 Å². The van der Waals surface area contributed by atoms with Gasteiger partial charge in [-0.15, -0.1) is 0 Å². The van der Waals surface area contributed by atoms with Crippen LogP contribution in [0.15, 0.2) is 48.5 Å². The molecule has 36 heavy (non-hydrogen) atoms. The number of halogens is 1. The third kappa shape index (κ3) is 6.05. The number of piperidine rings is 1. The molecule has 9 nitrogen and oxygen atoms in total. The second-order valence-electron chi connectivity index (χ2n) is 9.38. The van der Waals surface area contributed by atoms with Crippen molar-refractivity contribution in [2.24, 2.45) is 5.92 Å². The zero-order valence-corrected chi connectivity index (χ0v) is 19.8. The largest absolute Gasteiger partial charge is 0.351 e. The number of non-ortho nitro benzene ring substituents is 1. The summed E-state index contributed by atoms with van der Waals surface area (Å²) in [5.41, 5.74) is 0.619. The number of carbonyl (C=O) groups is 3. The van der Waals surface area contributed by atoms with Crippen LogP contribution in [0.2, 0.25) is 0 Å². The molecule has 3 atom stereocenters. The Balaban J connectivity index is 1.36.